The van der Waals surface area contributed by atoms with Crippen molar-refractivity contribution in [3.8, 4) is 0 Å². The maximum atomic E-state index is 6.15. The predicted octanol–water partition coefficient (Wildman–Crippen LogP) is 3.65. The summed E-state index contributed by atoms with van der Waals surface area (Å²) in [6.45, 7) is 5.68. The Balaban J connectivity index is 1.95. The molecule has 0 aromatic rings. The molecule has 0 amide bonds. The first-order chi connectivity index (χ1) is 9.11. The van der Waals surface area contributed by atoms with Crippen LogP contribution >= 0.6 is 0 Å². The first-order valence-corrected chi connectivity index (χ1v) is 8.53. The Morgan fingerprint density at radius 1 is 1.00 bits per heavy atom. The molecule has 2 aliphatic carbocycles. The van der Waals surface area contributed by atoms with E-state index in [1.54, 1.807) is 0 Å². The molecule has 5 unspecified atom stereocenters. The van der Waals surface area contributed by atoms with Crippen LogP contribution in [0.2, 0.25) is 0 Å². The number of hydrogen-bond donors (Lipinski definition) is 1. The standard InChI is InChI=1S/C17H34N2/c1-13-6-4-8-15(10-13)17(12-18)19(3)16-9-5-7-14(2)11-16/h13-17H,4-12,18H2,1-3H3. The molecule has 19 heavy (non-hydrogen) atoms. The summed E-state index contributed by atoms with van der Waals surface area (Å²) in [4.78, 5) is 2.67. The molecule has 2 fully saturated rings. The number of nitrogens with two attached hydrogens (primary N) is 1. The number of hydrogen-bond acceptors (Lipinski definition) is 2. The van der Waals surface area contributed by atoms with E-state index in [0.29, 0.717) is 6.04 Å². The Kier molecular flexibility index (Phi) is 5.70. The van der Waals surface area contributed by atoms with Gasteiger partial charge in [-0.25, -0.2) is 0 Å². The summed E-state index contributed by atoms with van der Waals surface area (Å²) in [5.74, 6) is 2.66. The van der Waals surface area contributed by atoms with Crippen LogP contribution in [0, 0.1) is 17.8 Å². The van der Waals surface area contributed by atoms with Gasteiger partial charge >= 0.3 is 0 Å². The lowest BCUT2D eigenvalue weighted by atomic mass is 9.77. The van der Waals surface area contributed by atoms with E-state index in [1.165, 1.54) is 51.4 Å². The minimum absolute atomic E-state index is 0.623. The topological polar surface area (TPSA) is 29.3 Å². The average Bonchev–Trinajstić information content (AvgIpc) is 2.39. The van der Waals surface area contributed by atoms with Gasteiger partial charge in [-0.1, -0.05) is 39.5 Å². The lowest BCUT2D eigenvalue weighted by Crippen LogP contribution is -2.50. The molecule has 2 saturated carbocycles. The maximum Gasteiger partial charge on any atom is 0.0246 e. The minimum Gasteiger partial charge on any atom is -0.329 e. The zero-order valence-electron chi connectivity index (χ0n) is 13.3. The molecular weight excluding hydrogens is 232 g/mol. The zero-order chi connectivity index (χ0) is 13.8. The Labute approximate surface area is 120 Å². The lowest BCUT2D eigenvalue weighted by molar-refractivity contribution is 0.0670. The normalized spacial score (nSPS) is 38.4. The first-order valence-electron chi connectivity index (χ1n) is 8.53. The highest BCUT2D eigenvalue weighted by molar-refractivity contribution is 4.88. The zero-order valence-corrected chi connectivity index (χ0v) is 13.3. The Morgan fingerprint density at radius 3 is 2.21 bits per heavy atom. The van der Waals surface area contributed by atoms with Crippen molar-refractivity contribution in [3.63, 3.8) is 0 Å². The van der Waals surface area contributed by atoms with Gasteiger partial charge in [-0.05, 0) is 50.5 Å². The largest absolute Gasteiger partial charge is 0.329 e. The van der Waals surface area contributed by atoms with Crippen molar-refractivity contribution in [2.45, 2.75) is 77.3 Å². The molecule has 112 valence electrons. The molecule has 0 heterocycles. The second-order valence-corrected chi connectivity index (χ2v) is 7.43. The number of nitrogens with zero attached hydrogens (tertiary/aromatic N) is 1. The summed E-state index contributed by atoms with van der Waals surface area (Å²) < 4.78 is 0. The molecule has 0 bridgehead atoms. The van der Waals surface area contributed by atoms with Crippen LogP contribution in [0.15, 0.2) is 0 Å². The lowest BCUT2D eigenvalue weighted by Gasteiger charge is -2.43. The molecule has 0 aromatic heterocycles. The van der Waals surface area contributed by atoms with Crippen LogP contribution in [0.1, 0.15) is 65.2 Å². The van der Waals surface area contributed by atoms with E-state index < -0.39 is 0 Å². The average molecular weight is 266 g/mol. The second kappa shape index (κ2) is 7.08. The fourth-order valence-corrected chi connectivity index (χ4v) is 4.56. The fraction of sp³-hybridized carbons (Fsp3) is 1.00. The fourth-order valence-electron chi connectivity index (χ4n) is 4.56. The van der Waals surface area contributed by atoms with Crippen LogP contribution in [-0.2, 0) is 0 Å². The Bertz CT molecular complexity index is 266. The van der Waals surface area contributed by atoms with Gasteiger partial charge in [0.2, 0.25) is 0 Å². The molecule has 2 rings (SSSR count). The summed E-state index contributed by atoms with van der Waals surface area (Å²) >= 11 is 0. The summed E-state index contributed by atoms with van der Waals surface area (Å²) in [6.07, 6.45) is 11.3. The molecule has 0 radical (unpaired) electrons. The molecule has 2 nitrogen and oxygen atoms in total. The van der Waals surface area contributed by atoms with E-state index in [2.05, 4.69) is 25.8 Å². The summed E-state index contributed by atoms with van der Waals surface area (Å²) in [7, 11) is 2.35. The van der Waals surface area contributed by atoms with Gasteiger partial charge < -0.3 is 5.73 Å². The molecule has 5 atom stereocenters. The van der Waals surface area contributed by atoms with Gasteiger partial charge in [0, 0.05) is 18.6 Å². The van der Waals surface area contributed by atoms with Gasteiger partial charge in [0.25, 0.3) is 0 Å². The summed E-state index contributed by atoms with van der Waals surface area (Å²) in [5, 5.41) is 0. The third kappa shape index (κ3) is 3.95. The van der Waals surface area contributed by atoms with Gasteiger partial charge in [-0.2, -0.15) is 0 Å². The van der Waals surface area contributed by atoms with E-state index in [-0.39, 0.29) is 0 Å². The van der Waals surface area contributed by atoms with Gasteiger partial charge in [0.15, 0.2) is 0 Å². The van der Waals surface area contributed by atoms with Gasteiger partial charge in [0.05, 0.1) is 0 Å². The van der Waals surface area contributed by atoms with Crippen LogP contribution in [0.4, 0.5) is 0 Å². The van der Waals surface area contributed by atoms with Crippen molar-refractivity contribution in [1.29, 1.82) is 0 Å². The third-order valence-corrected chi connectivity index (χ3v) is 5.77. The molecular formula is C17H34N2. The molecule has 0 aliphatic heterocycles. The highest BCUT2D eigenvalue weighted by atomic mass is 15.2. The van der Waals surface area contributed by atoms with Crippen molar-refractivity contribution in [3.05, 3.63) is 0 Å². The van der Waals surface area contributed by atoms with Crippen molar-refractivity contribution in [2.75, 3.05) is 13.6 Å². The van der Waals surface area contributed by atoms with Crippen LogP contribution in [0.3, 0.4) is 0 Å². The van der Waals surface area contributed by atoms with Gasteiger partial charge in [0.1, 0.15) is 0 Å². The Hall–Kier alpha value is -0.0800. The van der Waals surface area contributed by atoms with E-state index >= 15 is 0 Å². The molecule has 0 saturated heterocycles. The minimum atomic E-state index is 0.623. The molecule has 2 aliphatic rings. The van der Waals surface area contributed by atoms with Gasteiger partial charge in [-0.3, -0.25) is 4.90 Å². The monoisotopic (exact) mass is 266 g/mol. The van der Waals surface area contributed by atoms with Gasteiger partial charge in [-0.15, -0.1) is 0 Å². The van der Waals surface area contributed by atoms with Crippen molar-refractivity contribution in [1.82, 2.24) is 4.90 Å². The summed E-state index contributed by atoms with van der Waals surface area (Å²) in [5.41, 5.74) is 6.15. The highest BCUT2D eigenvalue weighted by Gasteiger charge is 2.32. The van der Waals surface area contributed by atoms with E-state index in [1.807, 2.05) is 0 Å². The summed E-state index contributed by atoms with van der Waals surface area (Å²) in [6, 6.07) is 1.41. The highest BCUT2D eigenvalue weighted by Crippen LogP contribution is 2.35. The van der Waals surface area contributed by atoms with Crippen molar-refractivity contribution < 1.29 is 0 Å². The van der Waals surface area contributed by atoms with Crippen molar-refractivity contribution >= 4 is 0 Å². The van der Waals surface area contributed by atoms with Crippen LogP contribution in [-0.4, -0.2) is 30.6 Å². The van der Waals surface area contributed by atoms with E-state index in [4.69, 9.17) is 5.73 Å². The van der Waals surface area contributed by atoms with Crippen LogP contribution in [0.25, 0.3) is 0 Å². The number of likely N-dealkylation sites (N-methyl/N-ethyl adjacent to an activating group) is 1. The molecule has 0 aromatic carbocycles. The van der Waals surface area contributed by atoms with Crippen molar-refractivity contribution in [2.24, 2.45) is 23.5 Å². The quantitative estimate of drug-likeness (QED) is 0.841. The number of rotatable bonds is 4. The third-order valence-electron chi connectivity index (χ3n) is 5.77. The predicted molar refractivity (Wildman–Crippen MR) is 83.1 cm³/mol. The second-order valence-electron chi connectivity index (χ2n) is 7.43. The maximum absolute atomic E-state index is 6.15. The smallest absolute Gasteiger partial charge is 0.0246 e. The first kappa shape index (κ1) is 15.3. The van der Waals surface area contributed by atoms with Crippen LogP contribution < -0.4 is 5.73 Å². The van der Waals surface area contributed by atoms with E-state index in [0.717, 1.165) is 30.3 Å². The SMILES string of the molecule is CC1CCCC(C(CN)N(C)C2CCCC(C)C2)C1. The van der Waals surface area contributed by atoms with E-state index in [9.17, 15) is 0 Å². The molecule has 2 heteroatoms. The Morgan fingerprint density at radius 2 is 1.63 bits per heavy atom. The molecule has 0 spiro atoms. The molecule has 2 N–H and O–H groups in total. The van der Waals surface area contributed by atoms with Crippen LogP contribution in [0.5, 0.6) is 0 Å².